The molecule has 9 heteroatoms. The molecule has 0 saturated carbocycles. The minimum atomic E-state index is -0.428. The van der Waals surface area contributed by atoms with Crippen LogP contribution < -0.4 is 15.0 Å². The zero-order chi connectivity index (χ0) is 22.5. The Kier molecular flexibility index (Phi) is 7.80. The number of ether oxygens (including phenoxy) is 1. The molecule has 2 aromatic rings. The summed E-state index contributed by atoms with van der Waals surface area (Å²) in [6.45, 7) is 6.47. The van der Waals surface area contributed by atoms with Gasteiger partial charge >= 0.3 is 0 Å². The highest BCUT2D eigenvalue weighted by atomic mass is 35.5. The van der Waals surface area contributed by atoms with Crippen molar-refractivity contribution in [3.05, 3.63) is 51.3 Å². The largest absolute Gasteiger partial charge is 0.495 e. The molecule has 3 rings (SSSR count). The predicted molar refractivity (Wildman–Crippen MR) is 130 cm³/mol. The third kappa shape index (κ3) is 5.70. The van der Waals surface area contributed by atoms with Crippen LogP contribution in [0.4, 0.5) is 5.69 Å². The molecule has 1 unspecified atom stereocenters. The Morgan fingerprint density at radius 1 is 1.35 bits per heavy atom. The molecule has 0 radical (unpaired) electrons. The minimum absolute atomic E-state index is 0.0998. The summed E-state index contributed by atoms with van der Waals surface area (Å²) >= 11 is 9.05. The fourth-order valence-corrected chi connectivity index (χ4v) is 4.62. The number of hydrogen-bond donors (Lipinski definition) is 1. The molecule has 6 nitrogen and oxygen atoms in total. The molecule has 0 saturated heterocycles. The number of carbonyl (C=O) groups excluding carboxylic acids is 2. The van der Waals surface area contributed by atoms with Gasteiger partial charge in [-0.05, 0) is 48.6 Å². The molecular formula is C22H24ClN3O3S2. The van der Waals surface area contributed by atoms with Crippen LogP contribution in [0.3, 0.4) is 0 Å². The van der Waals surface area contributed by atoms with Crippen molar-refractivity contribution in [1.29, 1.82) is 0 Å². The molecule has 164 valence electrons. The summed E-state index contributed by atoms with van der Waals surface area (Å²) in [4.78, 5) is 32.7. The zero-order valence-electron chi connectivity index (χ0n) is 17.7. The molecule has 31 heavy (non-hydrogen) atoms. The summed E-state index contributed by atoms with van der Waals surface area (Å²) in [5.74, 6) is 0.493. The molecule has 1 N–H and O–H groups in total. The normalized spacial score (nSPS) is 16.1. The Labute approximate surface area is 195 Å². The number of amidine groups is 1. The third-order valence-electron chi connectivity index (χ3n) is 4.38. The summed E-state index contributed by atoms with van der Waals surface area (Å²) in [6.07, 6.45) is 1.75. The first kappa shape index (κ1) is 23.4. The Morgan fingerprint density at radius 2 is 2.13 bits per heavy atom. The Hall–Kier alpha value is -2.29. The van der Waals surface area contributed by atoms with Crippen LogP contribution in [0.2, 0.25) is 5.02 Å². The smallest absolute Gasteiger partial charge is 0.283 e. The molecule has 0 aliphatic carbocycles. The van der Waals surface area contributed by atoms with E-state index in [1.807, 2.05) is 31.4 Å². The van der Waals surface area contributed by atoms with E-state index in [0.717, 1.165) is 4.88 Å². The number of thioether (sulfide) groups is 1. The second-order valence-corrected chi connectivity index (χ2v) is 9.99. The Morgan fingerprint density at radius 3 is 2.74 bits per heavy atom. The number of hydrogen-bond acceptors (Lipinski definition) is 6. The lowest BCUT2D eigenvalue weighted by Crippen LogP contribution is -2.37. The van der Waals surface area contributed by atoms with Crippen molar-refractivity contribution in [2.75, 3.05) is 18.6 Å². The van der Waals surface area contributed by atoms with Crippen molar-refractivity contribution in [3.63, 3.8) is 0 Å². The van der Waals surface area contributed by atoms with E-state index in [1.54, 1.807) is 31.2 Å². The van der Waals surface area contributed by atoms with Gasteiger partial charge in [-0.15, -0.1) is 11.3 Å². The molecule has 1 atom stereocenters. The molecule has 2 heterocycles. The van der Waals surface area contributed by atoms with E-state index in [4.69, 9.17) is 16.3 Å². The fraction of sp³-hybridized carbons (Fsp3) is 0.318. The molecule has 0 bridgehead atoms. The summed E-state index contributed by atoms with van der Waals surface area (Å²) < 4.78 is 5.22. The highest BCUT2D eigenvalue weighted by Gasteiger charge is 2.34. The molecular weight excluding hydrogens is 454 g/mol. The van der Waals surface area contributed by atoms with Crippen molar-refractivity contribution >= 4 is 63.4 Å². The third-order valence-corrected chi connectivity index (χ3v) is 6.55. The predicted octanol–water partition coefficient (Wildman–Crippen LogP) is 5.05. The monoisotopic (exact) mass is 477 g/mol. The number of carbonyl (C=O) groups is 2. The second kappa shape index (κ2) is 10.3. The molecule has 1 aliphatic rings. The Bertz CT molecular complexity index is 1020. The molecule has 0 fully saturated rings. The Balaban J connectivity index is 1.91. The van der Waals surface area contributed by atoms with Gasteiger partial charge in [-0.3, -0.25) is 14.5 Å². The van der Waals surface area contributed by atoms with Gasteiger partial charge in [-0.2, -0.15) is 0 Å². The van der Waals surface area contributed by atoms with E-state index in [2.05, 4.69) is 10.3 Å². The highest BCUT2D eigenvalue weighted by molar-refractivity contribution is 8.15. The molecule has 0 spiro atoms. The van der Waals surface area contributed by atoms with Crippen molar-refractivity contribution < 1.29 is 14.3 Å². The molecule has 1 aromatic heterocycles. The number of aliphatic imine (C=N–C) groups is 1. The van der Waals surface area contributed by atoms with E-state index < -0.39 is 5.25 Å². The number of thiophene rings is 1. The maximum atomic E-state index is 13.2. The quantitative estimate of drug-likeness (QED) is 0.566. The van der Waals surface area contributed by atoms with Crippen LogP contribution in [0, 0.1) is 5.92 Å². The average molecular weight is 478 g/mol. The van der Waals surface area contributed by atoms with Crippen molar-refractivity contribution in [2.24, 2.45) is 10.9 Å². The molecule has 1 aliphatic heterocycles. The molecule has 1 aromatic carbocycles. The van der Waals surface area contributed by atoms with Crippen LogP contribution in [0.15, 0.2) is 46.4 Å². The fourth-order valence-electron chi connectivity index (χ4n) is 2.77. The van der Waals surface area contributed by atoms with E-state index in [9.17, 15) is 9.59 Å². The number of anilines is 1. The highest BCUT2D eigenvalue weighted by Crippen LogP contribution is 2.35. The number of methoxy groups -OCH3 is 1. The number of amides is 2. The van der Waals surface area contributed by atoms with Gasteiger partial charge in [-0.1, -0.05) is 43.3 Å². The lowest BCUT2D eigenvalue weighted by atomic mass is 10.2. The average Bonchev–Trinajstić information content (AvgIpc) is 3.34. The van der Waals surface area contributed by atoms with Crippen LogP contribution in [-0.4, -0.2) is 35.9 Å². The SMILES string of the molecule is COc1ccc(N2C(=O)/C(=C\c3cccs3)N=C2SC(C)C(=O)NCC(C)C)cc1Cl. The number of nitrogens with zero attached hydrogens (tertiary/aromatic N) is 2. The minimum Gasteiger partial charge on any atom is -0.495 e. The first-order valence-electron chi connectivity index (χ1n) is 9.76. The second-order valence-electron chi connectivity index (χ2n) is 7.30. The summed E-state index contributed by atoms with van der Waals surface area (Å²) in [5, 5.41) is 5.25. The topological polar surface area (TPSA) is 71.0 Å². The van der Waals surface area contributed by atoms with Crippen molar-refractivity contribution in [3.8, 4) is 5.75 Å². The summed E-state index contributed by atoms with van der Waals surface area (Å²) in [6, 6.07) is 8.94. The first-order valence-corrected chi connectivity index (χ1v) is 11.9. The van der Waals surface area contributed by atoms with Gasteiger partial charge in [0.25, 0.3) is 5.91 Å². The number of halogens is 1. The van der Waals surface area contributed by atoms with Gasteiger partial charge in [0.2, 0.25) is 5.91 Å². The van der Waals surface area contributed by atoms with Gasteiger partial charge in [0.15, 0.2) is 5.17 Å². The lowest BCUT2D eigenvalue weighted by molar-refractivity contribution is -0.120. The van der Waals surface area contributed by atoms with Crippen LogP contribution in [0.5, 0.6) is 5.75 Å². The van der Waals surface area contributed by atoms with Crippen molar-refractivity contribution in [2.45, 2.75) is 26.0 Å². The summed E-state index contributed by atoms with van der Waals surface area (Å²) in [7, 11) is 1.53. The van der Waals surface area contributed by atoms with Gasteiger partial charge in [0, 0.05) is 11.4 Å². The number of nitrogens with one attached hydrogen (secondary N) is 1. The van der Waals surface area contributed by atoms with E-state index >= 15 is 0 Å². The maximum absolute atomic E-state index is 13.2. The van der Waals surface area contributed by atoms with Gasteiger partial charge in [-0.25, -0.2) is 4.99 Å². The maximum Gasteiger partial charge on any atom is 0.283 e. The first-order chi connectivity index (χ1) is 14.8. The molecule has 2 amide bonds. The van der Waals surface area contributed by atoms with Gasteiger partial charge < -0.3 is 10.1 Å². The van der Waals surface area contributed by atoms with Crippen LogP contribution >= 0.6 is 34.7 Å². The van der Waals surface area contributed by atoms with Crippen molar-refractivity contribution in [1.82, 2.24) is 5.32 Å². The van der Waals surface area contributed by atoms with E-state index in [-0.39, 0.29) is 11.8 Å². The summed E-state index contributed by atoms with van der Waals surface area (Å²) in [5.41, 5.74) is 0.873. The zero-order valence-corrected chi connectivity index (χ0v) is 20.1. The standard InChI is InChI=1S/C22H24ClN3O3S2/c1-13(2)12-24-20(27)14(3)31-22-25-18(11-16-6-5-9-30-16)21(28)26(22)15-7-8-19(29-4)17(23)10-15/h5-11,13-14H,12H2,1-4H3,(H,24,27)/b18-11+. The van der Waals surface area contributed by atoms with Gasteiger partial charge in [0.1, 0.15) is 11.4 Å². The number of rotatable bonds is 7. The lowest BCUT2D eigenvalue weighted by Gasteiger charge is -2.21. The van der Waals surface area contributed by atoms with E-state index in [1.165, 1.54) is 35.1 Å². The van der Waals surface area contributed by atoms with E-state index in [0.29, 0.717) is 39.8 Å². The van der Waals surface area contributed by atoms with Gasteiger partial charge in [0.05, 0.1) is 23.1 Å². The van der Waals surface area contributed by atoms with Crippen LogP contribution in [0.25, 0.3) is 6.08 Å². The van der Waals surface area contributed by atoms with Crippen LogP contribution in [-0.2, 0) is 9.59 Å². The van der Waals surface area contributed by atoms with Crippen LogP contribution in [0.1, 0.15) is 25.6 Å². The number of benzene rings is 1.